The molecule has 1 aliphatic rings. The molecule has 2 aromatic rings. The summed E-state index contributed by atoms with van der Waals surface area (Å²) < 4.78 is 5.42. The quantitative estimate of drug-likeness (QED) is 0.444. The van der Waals surface area contributed by atoms with Crippen LogP contribution in [0.4, 0.5) is 10.5 Å². The molecule has 27 heavy (non-hydrogen) atoms. The van der Waals surface area contributed by atoms with Gasteiger partial charge in [0, 0.05) is 31.0 Å². The van der Waals surface area contributed by atoms with Crippen LogP contribution in [-0.4, -0.2) is 50.3 Å². The third-order valence-corrected chi connectivity index (χ3v) is 5.25. The van der Waals surface area contributed by atoms with Gasteiger partial charge >= 0.3 is 6.09 Å². The Morgan fingerprint density at radius 1 is 1.41 bits per heavy atom. The van der Waals surface area contributed by atoms with Crippen molar-refractivity contribution in [2.24, 2.45) is 5.92 Å². The van der Waals surface area contributed by atoms with Gasteiger partial charge in [0.2, 0.25) is 0 Å². The number of likely N-dealkylation sites (tertiary alicyclic amines) is 1. The first-order valence-electron chi connectivity index (χ1n) is 8.73. The molecule has 0 aliphatic carbocycles. The zero-order chi connectivity index (χ0) is 19.6. The number of amides is 1. The van der Waals surface area contributed by atoms with Crippen LogP contribution < -0.4 is 0 Å². The molecule has 0 radical (unpaired) electrons. The molecule has 1 saturated heterocycles. The van der Waals surface area contributed by atoms with Crippen molar-refractivity contribution in [3.8, 4) is 0 Å². The number of carbonyl (C=O) groups excluding carboxylic acids is 1. The van der Waals surface area contributed by atoms with Crippen molar-refractivity contribution in [1.82, 2.24) is 14.9 Å². The van der Waals surface area contributed by atoms with Crippen LogP contribution in [0.25, 0.3) is 11.0 Å². The summed E-state index contributed by atoms with van der Waals surface area (Å²) in [6.45, 7) is 6.96. The van der Waals surface area contributed by atoms with Crippen molar-refractivity contribution in [3.05, 3.63) is 34.5 Å². The second-order valence-corrected chi connectivity index (χ2v) is 8.57. The van der Waals surface area contributed by atoms with Crippen molar-refractivity contribution >= 4 is 34.6 Å². The van der Waals surface area contributed by atoms with E-state index >= 15 is 0 Å². The smallest absolute Gasteiger partial charge is 0.410 e. The van der Waals surface area contributed by atoms with E-state index in [1.54, 1.807) is 28.9 Å². The first-order valence-corrected chi connectivity index (χ1v) is 9.72. The fourth-order valence-corrected chi connectivity index (χ4v) is 3.80. The second kappa shape index (κ2) is 7.67. The van der Waals surface area contributed by atoms with E-state index in [-0.39, 0.29) is 11.8 Å². The van der Waals surface area contributed by atoms with Crippen molar-refractivity contribution in [2.75, 3.05) is 18.8 Å². The monoisotopic (exact) mass is 390 g/mol. The Morgan fingerprint density at radius 2 is 2.19 bits per heavy atom. The molecular weight excluding hydrogens is 368 g/mol. The van der Waals surface area contributed by atoms with Gasteiger partial charge in [0.25, 0.3) is 5.69 Å². The second-order valence-electron chi connectivity index (χ2n) is 7.53. The summed E-state index contributed by atoms with van der Waals surface area (Å²) in [5.41, 5.74) is 0.656. The molecule has 2 heterocycles. The average molecular weight is 390 g/mol. The van der Waals surface area contributed by atoms with Crippen LogP contribution in [0.5, 0.6) is 0 Å². The van der Waals surface area contributed by atoms with E-state index in [0.29, 0.717) is 30.0 Å². The zero-order valence-electron chi connectivity index (χ0n) is 15.5. The molecule has 0 N–H and O–H groups in total. The summed E-state index contributed by atoms with van der Waals surface area (Å²) in [7, 11) is 0. The van der Waals surface area contributed by atoms with Gasteiger partial charge in [-0.1, -0.05) is 0 Å². The van der Waals surface area contributed by atoms with Crippen LogP contribution in [0.1, 0.15) is 27.2 Å². The Balaban J connectivity index is 1.57. The minimum atomic E-state index is -0.486. The number of fused-ring (bicyclic) bond motifs is 1. The van der Waals surface area contributed by atoms with E-state index in [1.807, 2.05) is 20.8 Å². The van der Waals surface area contributed by atoms with E-state index in [1.165, 1.54) is 12.1 Å². The molecular formula is C18H22N4O4S. The molecule has 1 atom stereocenters. The van der Waals surface area contributed by atoms with Gasteiger partial charge in [0.1, 0.15) is 10.6 Å². The molecule has 9 heteroatoms. The van der Waals surface area contributed by atoms with Crippen molar-refractivity contribution < 1.29 is 14.5 Å². The molecule has 1 aromatic carbocycles. The fraction of sp³-hybridized carbons (Fsp3) is 0.500. The summed E-state index contributed by atoms with van der Waals surface area (Å²) in [4.78, 5) is 33.1. The number of non-ortho nitro benzene ring substituents is 1. The summed E-state index contributed by atoms with van der Waals surface area (Å²) in [6, 6.07) is 4.47. The van der Waals surface area contributed by atoms with Crippen molar-refractivity contribution in [3.63, 3.8) is 0 Å². The lowest BCUT2D eigenvalue weighted by atomic mass is 10.2. The predicted molar refractivity (Wildman–Crippen MR) is 103 cm³/mol. The number of aromatic nitrogens is 2. The molecule has 1 amide bonds. The van der Waals surface area contributed by atoms with Gasteiger partial charge in [0.05, 0.1) is 22.2 Å². The molecule has 144 valence electrons. The minimum absolute atomic E-state index is 0.00499. The van der Waals surface area contributed by atoms with E-state index in [4.69, 9.17) is 4.74 Å². The lowest BCUT2D eigenvalue weighted by Gasteiger charge is -2.24. The zero-order valence-corrected chi connectivity index (χ0v) is 16.4. The van der Waals surface area contributed by atoms with Crippen LogP contribution in [0.15, 0.2) is 29.4 Å². The molecule has 1 unspecified atom stereocenters. The number of nitro benzene ring substituents is 1. The maximum Gasteiger partial charge on any atom is 0.410 e. The number of benzene rings is 1. The van der Waals surface area contributed by atoms with Gasteiger partial charge in [-0.05, 0) is 39.2 Å². The van der Waals surface area contributed by atoms with Crippen LogP contribution in [0.2, 0.25) is 0 Å². The number of ether oxygens (including phenoxy) is 1. The molecule has 1 fully saturated rings. The Labute approximate surface area is 161 Å². The third kappa shape index (κ3) is 5.06. The maximum atomic E-state index is 12.1. The number of hydrogen-bond acceptors (Lipinski definition) is 7. The number of nitro groups is 1. The van der Waals surface area contributed by atoms with Crippen LogP contribution in [0.3, 0.4) is 0 Å². The van der Waals surface area contributed by atoms with Crippen LogP contribution in [-0.2, 0) is 4.74 Å². The fourth-order valence-electron chi connectivity index (χ4n) is 2.83. The summed E-state index contributed by atoms with van der Waals surface area (Å²) >= 11 is 1.58. The molecule has 0 saturated carbocycles. The molecule has 1 aliphatic heterocycles. The Bertz CT molecular complexity index is 868. The number of rotatable bonds is 4. The van der Waals surface area contributed by atoms with E-state index in [9.17, 15) is 14.9 Å². The third-order valence-electron chi connectivity index (χ3n) is 4.12. The van der Waals surface area contributed by atoms with Gasteiger partial charge in [-0.2, -0.15) is 0 Å². The molecule has 8 nitrogen and oxygen atoms in total. The van der Waals surface area contributed by atoms with E-state index in [0.717, 1.165) is 17.2 Å². The number of thioether (sulfide) groups is 1. The van der Waals surface area contributed by atoms with Gasteiger partial charge in [-0.3, -0.25) is 15.1 Å². The Kier molecular flexibility index (Phi) is 5.50. The van der Waals surface area contributed by atoms with E-state index in [2.05, 4.69) is 9.97 Å². The van der Waals surface area contributed by atoms with Crippen molar-refractivity contribution in [1.29, 1.82) is 0 Å². The molecule has 0 spiro atoms. The Morgan fingerprint density at radius 3 is 2.89 bits per heavy atom. The van der Waals surface area contributed by atoms with Crippen molar-refractivity contribution in [2.45, 2.75) is 37.8 Å². The number of nitrogens with zero attached hydrogens (tertiary/aromatic N) is 4. The standard InChI is InChI=1S/C18H22N4O4S/c1-18(2,3)26-17(23)21-7-6-12(10-21)11-27-16-9-19-15-8-13(22(24)25)4-5-14(15)20-16/h4-5,8-9,12H,6-7,10-11H2,1-3H3. The van der Waals surface area contributed by atoms with Gasteiger partial charge < -0.3 is 9.64 Å². The summed E-state index contributed by atoms with van der Waals surface area (Å²) in [5, 5.41) is 11.6. The van der Waals surface area contributed by atoms with Gasteiger partial charge in [-0.15, -0.1) is 11.8 Å². The van der Waals surface area contributed by atoms with Gasteiger partial charge in [-0.25, -0.2) is 9.78 Å². The molecule has 3 rings (SSSR count). The number of hydrogen-bond donors (Lipinski definition) is 0. The number of carbonyl (C=O) groups is 1. The first-order chi connectivity index (χ1) is 12.7. The highest BCUT2D eigenvalue weighted by Gasteiger charge is 2.29. The lowest BCUT2D eigenvalue weighted by molar-refractivity contribution is -0.384. The normalized spacial score (nSPS) is 17.3. The molecule has 0 bridgehead atoms. The molecule has 1 aromatic heterocycles. The van der Waals surface area contributed by atoms with Gasteiger partial charge in [0.15, 0.2) is 0 Å². The minimum Gasteiger partial charge on any atom is -0.444 e. The SMILES string of the molecule is CC(C)(C)OC(=O)N1CCC(CSc2cnc3cc([N+](=O)[O-])ccc3n2)C1. The maximum absolute atomic E-state index is 12.1. The van der Waals surface area contributed by atoms with Crippen LogP contribution >= 0.6 is 11.8 Å². The lowest BCUT2D eigenvalue weighted by Crippen LogP contribution is -2.35. The predicted octanol–water partition coefficient (Wildman–Crippen LogP) is 3.89. The Hall–Kier alpha value is -2.42. The van der Waals surface area contributed by atoms with Crippen LogP contribution in [0, 0.1) is 16.0 Å². The van der Waals surface area contributed by atoms with E-state index < -0.39 is 10.5 Å². The topological polar surface area (TPSA) is 98.5 Å². The average Bonchev–Trinajstić information content (AvgIpc) is 3.07. The first kappa shape index (κ1) is 19.3. The highest BCUT2D eigenvalue weighted by molar-refractivity contribution is 7.99. The summed E-state index contributed by atoms with van der Waals surface area (Å²) in [5.74, 6) is 1.20. The summed E-state index contributed by atoms with van der Waals surface area (Å²) in [6.07, 6.45) is 2.30. The highest BCUT2D eigenvalue weighted by Crippen LogP contribution is 2.27. The highest BCUT2D eigenvalue weighted by atomic mass is 32.2. The largest absolute Gasteiger partial charge is 0.444 e.